The summed E-state index contributed by atoms with van der Waals surface area (Å²) in [6.45, 7) is 6.77. The van der Waals surface area contributed by atoms with Crippen LogP contribution in [0.4, 0.5) is 0 Å². The Morgan fingerprint density at radius 1 is 1.41 bits per heavy atom. The van der Waals surface area contributed by atoms with Gasteiger partial charge in [0.05, 0.1) is 0 Å². The number of ether oxygens (including phenoxy) is 1. The summed E-state index contributed by atoms with van der Waals surface area (Å²) in [7, 11) is 1.94. The molecule has 1 rings (SSSR count). The SMILES string of the molecule is C=C(CC)CC(COc1ccc(Cl)cc1)NC. The van der Waals surface area contributed by atoms with Crippen LogP contribution in [-0.2, 0) is 0 Å². The topological polar surface area (TPSA) is 21.3 Å². The Labute approximate surface area is 109 Å². The lowest BCUT2D eigenvalue weighted by Crippen LogP contribution is -2.32. The van der Waals surface area contributed by atoms with Crippen LogP contribution in [0, 0.1) is 0 Å². The van der Waals surface area contributed by atoms with Crippen molar-refractivity contribution in [3.05, 3.63) is 41.4 Å². The summed E-state index contributed by atoms with van der Waals surface area (Å²) in [5.74, 6) is 0.844. The van der Waals surface area contributed by atoms with Gasteiger partial charge in [-0.2, -0.15) is 0 Å². The first kappa shape index (κ1) is 14.1. The summed E-state index contributed by atoms with van der Waals surface area (Å²) < 4.78 is 5.70. The third-order valence-electron chi connectivity index (χ3n) is 2.71. The van der Waals surface area contributed by atoms with Crippen LogP contribution >= 0.6 is 11.6 Å². The van der Waals surface area contributed by atoms with E-state index in [9.17, 15) is 0 Å². The lowest BCUT2D eigenvalue weighted by Gasteiger charge is -2.17. The van der Waals surface area contributed by atoms with Crippen molar-refractivity contribution in [2.45, 2.75) is 25.8 Å². The van der Waals surface area contributed by atoms with Gasteiger partial charge in [-0.05, 0) is 44.2 Å². The van der Waals surface area contributed by atoms with Crippen LogP contribution < -0.4 is 10.1 Å². The molecule has 0 aliphatic rings. The van der Waals surface area contributed by atoms with E-state index >= 15 is 0 Å². The Hall–Kier alpha value is -0.990. The summed E-state index contributed by atoms with van der Waals surface area (Å²) in [5.41, 5.74) is 1.24. The van der Waals surface area contributed by atoms with E-state index in [-0.39, 0.29) is 0 Å². The molecule has 0 aliphatic heterocycles. The molecule has 0 spiro atoms. The molecule has 94 valence electrons. The van der Waals surface area contributed by atoms with Gasteiger partial charge in [0, 0.05) is 11.1 Å². The maximum absolute atomic E-state index is 5.81. The van der Waals surface area contributed by atoms with E-state index < -0.39 is 0 Å². The van der Waals surface area contributed by atoms with Gasteiger partial charge >= 0.3 is 0 Å². The minimum Gasteiger partial charge on any atom is -0.492 e. The standard InChI is InChI=1S/C14H20ClNO/c1-4-11(2)9-13(16-3)10-17-14-7-5-12(15)6-8-14/h5-8,13,16H,2,4,9-10H2,1,3H3. The summed E-state index contributed by atoms with van der Waals surface area (Å²) in [6.07, 6.45) is 1.96. The van der Waals surface area contributed by atoms with Crippen molar-refractivity contribution < 1.29 is 4.74 Å². The lowest BCUT2D eigenvalue weighted by molar-refractivity contribution is 0.269. The normalized spacial score (nSPS) is 12.2. The largest absolute Gasteiger partial charge is 0.492 e. The molecular weight excluding hydrogens is 234 g/mol. The monoisotopic (exact) mass is 253 g/mol. The van der Waals surface area contributed by atoms with Crippen molar-refractivity contribution >= 4 is 11.6 Å². The average Bonchev–Trinajstić information content (AvgIpc) is 2.36. The molecule has 1 aromatic rings. The van der Waals surface area contributed by atoms with Crippen LogP contribution in [-0.4, -0.2) is 19.7 Å². The zero-order valence-electron chi connectivity index (χ0n) is 10.5. The van der Waals surface area contributed by atoms with Crippen LogP contribution in [0.15, 0.2) is 36.4 Å². The molecule has 1 atom stereocenters. The van der Waals surface area contributed by atoms with Gasteiger partial charge in [-0.3, -0.25) is 0 Å². The van der Waals surface area contributed by atoms with Gasteiger partial charge in [0.25, 0.3) is 0 Å². The van der Waals surface area contributed by atoms with Crippen molar-refractivity contribution in [2.75, 3.05) is 13.7 Å². The second-order valence-electron chi connectivity index (χ2n) is 4.06. The van der Waals surface area contributed by atoms with Crippen LogP contribution in [0.5, 0.6) is 5.75 Å². The van der Waals surface area contributed by atoms with E-state index in [1.165, 1.54) is 5.57 Å². The Morgan fingerprint density at radius 2 is 2.06 bits per heavy atom. The fourth-order valence-electron chi connectivity index (χ4n) is 1.46. The molecule has 2 nitrogen and oxygen atoms in total. The van der Waals surface area contributed by atoms with Crippen molar-refractivity contribution in [1.82, 2.24) is 5.32 Å². The Balaban J connectivity index is 2.42. The molecule has 3 heteroatoms. The summed E-state index contributed by atoms with van der Waals surface area (Å²) >= 11 is 5.81. The quantitative estimate of drug-likeness (QED) is 0.749. The van der Waals surface area contributed by atoms with Crippen molar-refractivity contribution in [3.8, 4) is 5.75 Å². The highest BCUT2D eigenvalue weighted by Gasteiger charge is 2.08. The lowest BCUT2D eigenvalue weighted by atomic mass is 10.1. The molecule has 0 saturated heterocycles. The predicted molar refractivity (Wildman–Crippen MR) is 73.8 cm³/mol. The minimum absolute atomic E-state index is 0.304. The van der Waals surface area contributed by atoms with Crippen LogP contribution in [0.1, 0.15) is 19.8 Å². The molecular formula is C14H20ClNO. The number of nitrogens with one attached hydrogen (secondary N) is 1. The first-order valence-electron chi connectivity index (χ1n) is 5.88. The number of halogens is 1. The first-order chi connectivity index (χ1) is 8.15. The van der Waals surface area contributed by atoms with Crippen molar-refractivity contribution in [1.29, 1.82) is 0 Å². The third kappa shape index (κ3) is 5.24. The molecule has 0 bridgehead atoms. The van der Waals surface area contributed by atoms with Gasteiger partial charge in [0.1, 0.15) is 12.4 Å². The summed E-state index contributed by atoms with van der Waals surface area (Å²) in [5, 5.41) is 3.96. The van der Waals surface area contributed by atoms with E-state index in [4.69, 9.17) is 16.3 Å². The second kappa shape index (κ2) is 7.36. The maximum Gasteiger partial charge on any atom is 0.119 e. The van der Waals surface area contributed by atoms with Gasteiger partial charge in [0.15, 0.2) is 0 Å². The minimum atomic E-state index is 0.304. The molecule has 0 aliphatic carbocycles. The molecule has 17 heavy (non-hydrogen) atoms. The first-order valence-corrected chi connectivity index (χ1v) is 6.25. The van der Waals surface area contributed by atoms with Gasteiger partial charge in [-0.1, -0.05) is 30.7 Å². The summed E-state index contributed by atoms with van der Waals surface area (Å²) in [6, 6.07) is 7.72. The maximum atomic E-state index is 5.81. The Bertz CT molecular complexity index is 348. The van der Waals surface area contributed by atoms with Crippen molar-refractivity contribution in [3.63, 3.8) is 0 Å². The van der Waals surface area contributed by atoms with E-state index in [1.54, 1.807) is 0 Å². The fourth-order valence-corrected chi connectivity index (χ4v) is 1.59. The molecule has 0 fully saturated rings. The van der Waals surface area contributed by atoms with E-state index in [2.05, 4.69) is 18.8 Å². The molecule has 1 N–H and O–H groups in total. The van der Waals surface area contributed by atoms with E-state index in [0.717, 1.165) is 23.6 Å². The highest BCUT2D eigenvalue weighted by Crippen LogP contribution is 2.16. The molecule has 0 radical (unpaired) electrons. The molecule has 0 heterocycles. The molecule has 1 aromatic carbocycles. The molecule has 0 aromatic heterocycles. The Kier molecular flexibility index (Phi) is 6.09. The highest BCUT2D eigenvalue weighted by molar-refractivity contribution is 6.30. The predicted octanol–water partition coefficient (Wildman–Crippen LogP) is 3.66. The molecule has 0 saturated carbocycles. The number of hydrogen-bond acceptors (Lipinski definition) is 2. The highest BCUT2D eigenvalue weighted by atomic mass is 35.5. The third-order valence-corrected chi connectivity index (χ3v) is 2.96. The number of benzene rings is 1. The molecule has 0 amide bonds. The van der Waals surface area contributed by atoms with E-state index in [1.807, 2.05) is 31.3 Å². The number of rotatable bonds is 7. The number of likely N-dealkylation sites (N-methyl/N-ethyl adjacent to an activating group) is 1. The average molecular weight is 254 g/mol. The zero-order valence-corrected chi connectivity index (χ0v) is 11.3. The summed E-state index contributed by atoms with van der Waals surface area (Å²) in [4.78, 5) is 0. The van der Waals surface area contributed by atoms with Crippen LogP contribution in [0.25, 0.3) is 0 Å². The molecule has 1 unspecified atom stereocenters. The second-order valence-corrected chi connectivity index (χ2v) is 4.49. The van der Waals surface area contributed by atoms with Crippen molar-refractivity contribution in [2.24, 2.45) is 0 Å². The smallest absolute Gasteiger partial charge is 0.119 e. The van der Waals surface area contributed by atoms with Gasteiger partial charge in [-0.25, -0.2) is 0 Å². The van der Waals surface area contributed by atoms with Crippen LogP contribution in [0.3, 0.4) is 0 Å². The van der Waals surface area contributed by atoms with Crippen LogP contribution in [0.2, 0.25) is 5.02 Å². The van der Waals surface area contributed by atoms with Gasteiger partial charge in [-0.15, -0.1) is 0 Å². The van der Waals surface area contributed by atoms with E-state index in [0.29, 0.717) is 12.6 Å². The van der Waals surface area contributed by atoms with Gasteiger partial charge in [0.2, 0.25) is 0 Å². The van der Waals surface area contributed by atoms with Gasteiger partial charge < -0.3 is 10.1 Å². The number of hydrogen-bond donors (Lipinski definition) is 1. The Morgan fingerprint density at radius 3 is 2.59 bits per heavy atom. The fraction of sp³-hybridized carbons (Fsp3) is 0.429. The zero-order chi connectivity index (χ0) is 12.7.